The van der Waals surface area contributed by atoms with E-state index in [2.05, 4.69) is 10.3 Å². The zero-order chi connectivity index (χ0) is 13.1. The number of carboxylic acids is 1. The molecule has 0 unspecified atom stereocenters. The molecule has 2 heterocycles. The van der Waals surface area contributed by atoms with E-state index in [1.807, 2.05) is 0 Å². The van der Waals surface area contributed by atoms with Gasteiger partial charge in [-0.05, 0) is 30.7 Å². The Morgan fingerprint density at radius 1 is 1.28 bits per heavy atom. The molecule has 0 radical (unpaired) electrons. The lowest BCUT2D eigenvalue weighted by Crippen LogP contribution is -2.12. The van der Waals surface area contributed by atoms with Gasteiger partial charge in [0.1, 0.15) is 0 Å². The molecule has 1 amide bonds. The summed E-state index contributed by atoms with van der Waals surface area (Å²) in [6, 6.07) is 4.19. The Balaban J connectivity index is 2.17. The number of nitrogens with zero attached hydrogens (tertiary/aromatic N) is 1. The van der Waals surface area contributed by atoms with Crippen LogP contribution >= 0.6 is 0 Å². The van der Waals surface area contributed by atoms with Crippen LogP contribution in [0.1, 0.15) is 26.7 Å². The molecule has 0 saturated carbocycles. The molecule has 0 atom stereocenters. The smallest absolute Gasteiger partial charge is 0.371 e. The van der Waals surface area contributed by atoms with Crippen LogP contribution in [0.2, 0.25) is 0 Å². The third-order valence-electron chi connectivity index (χ3n) is 2.31. The highest BCUT2D eigenvalue weighted by Crippen LogP contribution is 2.14. The molecule has 0 aliphatic heterocycles. The summed E-state index contributed by atoms with van der Waals surface area (Å²) in [5.41, 5.74) is 1.40. The fourth-order valence-electron chi connectivity index (χ4n) is 1.37. The van der Waals surface area contributed by atoms with Gasteiger partial charge in [-0.25, -0.2) is 4.79 Å². The van der Waals surface area contributed by atoms with Gasteiger partial charge < -0.3 is 14.8 Å². The highest BCUT2D eigenvalue weighted by Gasteiger charge is 2.15. The Morgan fingerprint density at radius 2 is 2.00 bits per heavy atom. The summed E-state index contributed by atoms with van der Waals surface area (Å²) in [4.78, 5) is 26.3. The average molecular weight is 246 g/mol. The summed E-state index contributed by atoms with van der Waals surface area (Å²) in [7, 11) is 0. The standard InChI is InChI=1S/C12H10N2O4/c1-7-6-13-5-4-8(7)14-11(15)9-2-3-10(18-9)12(16)17/h2-6H,1H3,(H,16,17)(H,13,14,15). The summed E-state index contributed by atoms with van der Waals surface area (Å²) in [5, 5.41) is 11.3. The van der Waals surface area contributed by atoms with Gasteiger partial charge in [0.05, 0.1) is 0 Å². The molecule has 0 fully saturated rings. The summed E-state index contributed by atoms with van der Waals surface area (Å²) in [6.45, 7) is 1.80. The number of furan rings is 1. The number of rotatable bonds is 3. The second-order valence-electron chi connectivity index (χ2n) is 3.61. The molecule has 6 nitrogen and oxygen atoms in total. The Hall–Kier alpha value is -2.63. The van der Waals surface area contributed by atoms with Crippen molar-refractivity contribution in [2.24, 2.45) is 0 Å². The summed E-state index contributed by atoms with van der Waals surface area (Å²) in [5.74, 6) is -2.04. The molecule has 92 valence electrons. The number of pyridine rings is 1. The van der Waals surface area contributed by atoms with E-state index in [-0.39, 0.29) is 11.5 Å². The third-order valence-corrected chi connectivity index (χ3v) is 2.31. The van der Waals surface area contributed by atoms with Crippen LogP contribution in [0.5, 0.6) is 0 Å². The average Bonchev–Trinajstić information content (AvgIpc) is 2.81. The van der Waals surface area contributed by atoms with E-state index in [0.717, 1.165) is 5.56 Å². The van der Waals surface area contributed by atoms with Crippen molar-refractivity contribution >= 4 is 17.6 Å². The summed E-state index contributed by atoms with van der Waals surface area (Å²) >= 11 is 0. The molecule has 0 saturated heterocycles. The molecule has 6 heteroatoms. The SMILES string of the molecule is Cc1cnccc1NC(=O)c1ccc(C(=O)O)o1. The summed E-state index contributed by atoms with van der Waals surface area (Å²) in [6.07, 6.45) is 3.16. The largest absolute Gasteiger partial charge is 0.475 e. The number of carboxylic acid groups (broad SMARTS) is 1. The fourth-order valence-corrected chi connectivity index (χ4v) is 1.37. The van der Waals surface area contributed by atoms with Gasteiger partial charge in [0.2, 0.25) is 5.76 Å². The van der Waals surface area contributed by atoms with E-state index in [1.54, 1.807) is 25.4 Å². The van der Waals surface area contributed by atoms with Crippen molar-refractivity contribution < 1.29 is 19.1 Å². The van der Waals surface area contributed by atoms with Crippen LogP contribution in [0.4, 0.5) is 5.69 Å². The first-order valence-corrected chi connectivity index (χ1v) is 5.13. The Morgan fingerprint density at radius 3 is 2.61 bits per heavy atom. The van der Waals surface area contributed by atoms with Gasteiger partial charge in [0.25, 0.3) is 5.91 Å². The number of hydrogen-bond acceptors (Lipinski definition) is 4. The molecular formula is C12H10N2O4. The lowest BCUT2D eigenvalue weighted by Gasteiger charge is -2.05. The number of nitrogens with one attached hydrogen (secondary N) is 1. The van der Waals surface area contributed by atoms with Gasteiger partial charge in [-0.3, -0.25) is 9.78 Å². The second kappa shape index (κ2) is 4.70. The predicted molar refractivity (Wildman–Crippen MR) is 62.6 cm³/mol. The molecule has 0 aliphatic carbocycles. The molecule has 18 heavy (non-hydrogen) atoms. The van der Waals surface area contributed by atoms with E-state index in [9.17, 15) is 9.59 Å². The maximum atomic E-state index is 11.8. The molecule has 0 spiro atoms. The second-order valence-corrected chi connectivity index (χ2v) is 3.61. The van der Waals surface area contributed by atoms with E-state index in [0.29, 0.717) is 5.69 Å². The van der Waals surface area contributed by atoms with Crippen molar-refractivity contribution in [2.75, 3.05) is 5.32 Å². The van der Waals surface area contributed by atoms with E-state index in [4.69, 9.17) is 9.52 Å². The zero-order valence-corrected chi connectivity index (χ0v) is 9.51. The van der Waals surface area contributed by atoms with Crippen molar-refractivity contribution in [3.05, 3.63) is 47.7 Å². The molecule has 2 rings (SSSR count). The van der Waals surface area contributed by atoms with Crippen molar-refractivity contribution in [2.45, 2.75) is 6.92 Å². The summed E-state index contributed by atoms with van der Waals surface area (Å²) < 4.78 is 4.89. The lowest BCUT2D eigenvalue weighted by molar-refractivity contribution is 0.0660. The van der Waals surface area contributed by atoms with Crippen molar-refractivity contribution in [3.63, 3.8) is 0 Å². The number of carbonyl (C=O) groups excluding carboxylic acids is 1. The first-order chi connectivity index (χ1) is 8.58. The molecular weight excluding hydrogens is 236 g/mol. The minimum Gasteiger partial charge on any atom is -0.475 e. The van der Waals surface area contributed by atoms with Gasteiger partial charge in [-0.2, -0.15) is 0 Å². The quantitative estimate of drug-likeness (QED) is 0.863. The molecule has 2 aromatic heterocycles. The third kappa shape index (κ3) is 2.37. The van der Waals surface area contributed by atoms with Crippen molar-refractivity contribution in [3.8, 4) is 0 Å². The number of anilines is 1. The fraction of sp³-hybridized carbons (Fsp3) is 0.0833. The van der Waals surface area contributed by atoms with Gasteiger partial charge >= 0.3 is 5.97 Å². The minimum absolute atomic E-state index is 0.0522. The maximum absolute atomic E-state index is 11.8. The van der Waals surface area contributed by atoms with Gasteiger partial charge in [-0.15, -0.1) is 0 Å². The Bertz CT molecular complexity index is 604. The topological polar surface area (TPSA) is 92.4 Å². The number of aromatic nitrogens is 1. The lowest BCUT2D eigenvalue weighted by atomic mass is 10.2. The first-order valence-electron chi connectivity index (χ1n) is 5.13. The highest BCUT2D eigenvalue weighted by molar-refractivity contribution is 6.03. The number of aromatic carboxylic acids is 1. The van der Waals surface area contributed by atoms with Crippen LogP contribution in [0.15, 0.2) is 35.0 Å². The van der Waals surface area contributed by atoms with Crippen molar-refractivity contribution in [1.82, 2.24) is 4.98 Å². The molecule has 0 bridgehead atoms. The van der Waals surface area contributed by atoms with E-state index < -0.39 is 11.9 Å². The first kappa shape index (κ1) is 11.8. The normalized spacial score (nSPS) is 10.1. The number of aryl methyl sites for hydroxylation is 1. The van der Waals surface area contributed by atoms with Crippen LogP contribution in [0.3, 0.4) is 0 Å². The predicted octanol–water partition coefficient (Wildman–Crippen LogP) is 1.93. The molecule has 2 N–H and O–H groups in total. The van der Waals surface area contributed by atoms with Crippen molar-refractivity contribution in [1.29, 1.82) is 0 Å². The monoisotopic (exact) mass is 246 g/mol. The molecule has 0 aromatic carbocycles. The number of amides is 1. The van der Waals surface area contributed by atoms with E-state index in [1.165, 1.54) is 12.1 Å². The van der Waals surface area contributed by atoms with Crippen LogP contribution in [-0.4, -0.2) is 22.0 Å². The zero-order valence-electron chi connectivity index (χ0n) is 9.51. The van der Waals surface area contributed by atoms with Crippen LogP contribution in [0.25, 0.3) is 0 Å². The highest BCUT2D eigenvalue weighted by atomic mass is 16.4. The van der Waals surface area contributed by atoms with Crippen LogP contribution in [0, 0.1) is 6.92 Å². The number of hydrogen-bond donors (Lipinski definition) is 2. The minimum atomic E-state index is -1.21. The van der Waals surface area contributed by atoms with Gasteiger partial charge in [0, 0.05) is 18.1 Å². The maximum Gasteiger partial charge on any atom is 0.371 e. The Kier molecular flexibility index (Phi) is 3.09. The molecule has 0 aliphatic rings. The van der Waals surface area contributed by atoms with Gasteiger partial charge in [0.15, 0.2) is 5.76 Å². The molecule has 2 aromatic rings. The van der Waals surface area contributed by atoms with Gasteiger partial charge in [-0.1, -0.05) is 0 Å². The van der Waals surface area contributed by atoms with Crippen LogP contribution in [-0.2, 0) is 0 Å². The van der Waals surface area contributed by atoms with Crippen LogP contribution < -0.4 is 5.32 Å². The number of carbonyl (C=O) groups is 2. The Labute approximate surface area is 102 Å². The van der Waals surface area contributed by atoms with E-state index >= 15 is 0 Å².